The number of amides is 1. The Hall–Kier alpha value is -2.47. The van der Waals surface area contributed by atoms with Crippen molar-refractivity contribution in [2.75, 3.05) is 5.32 Å². The summed E-state index contributed by atoms with van der Waals surface area (Å²) in [6, 6.07) is 8.15. The quantitative estimate of drug-likeness (QED) is 0.703. The molecule has 4 rings (SSSR count). The number of anilines is 1. The van der Waals surface area contributed by atoms with E-state index in [-0.39, 0.29) is 5.91 Å². The first kappa shape index (κ1) is 17.9. The standard InChI is InChI=1S/C21H24N4OS/c1-3-15-10-12-27-19(15)21(26)22-17-13-16(9-8-14(17)2)20-24-23-18-7-5-4-6-11-25(18)20/h8-10,12-13H,3-7,11H2,1-2H3,(H,22,26). The van der Waals surface area contributed by atoms with Crippen LogP contribution in [0.5, 0.6) is 0 Å². The zero-order chi connectivity index (χ0) is 18.8. The Labute approximate surface area is 163 Å². The van der Waals surface area contributed by atoms with Gasteiger partial charge >= 0.3 is 0 Å². The molecule has 0 fully saturated rings. The summed E-state index contributed by atoms with van der Waals surface area (Å²) in [6.07, 6.45) is 5.41. The lowest BCUT2D eigenvalue weighted by molar-refractivity contribution is 0.102. The van der Waals surface area contributed by atoms with Crippen molar-refractivity contribution in [2.45, 2.75) is 52.5 Å². The number of carbonyl (C=O) groups is 1. The number of hydrogen-bond acceptors (Lipinski definition) is 4. The highest BCUT2D eigenvalue weighted by atomic mass is 32.1. The third kappa shape index (κ3) is 3.54. The number of benzene rings is 1. The van der Waals surface area contributed by atoms with Crippen molar-refractivity contribution in [3.8, 4) is 11.4 Å². The SMILES string of the molecule is CCc1ccsc1C(=O)Nc1cc(-c2nnc3n2CCCCC3)ccc1C. The van der Waals surface area contributed by atoms with Gasteiger partial charge in [0.25, 0.3) is 5.91 Å². The Bertz CT molecular complexity index is 972. The molecule has 1 aliphatic rings. The largest absolute Gasteiger partial charge is 0.321 e. The summed E-state index contributed by atoms with van der Waals surface area (Å²) in [5, 5.41) is 13.9. The molecule has 1 amide bonds. The molecule has 0 saturated carbocycles. The van der Waals surface area contributed by atoms with Gasteiger partial charge in [0.05, 0.1) is 4.88 Å². The molecular weight excluding hydrogens is 356 g/mol. The summed E-state index contributed by atoms with van der Waals surface area (Å²) in [7, 11) is 0. The first-order chi connectivity index (χ1) is 13.2. The molecule has 3 aromatic rings. The van der Waals surface area contributed by atoms with Crippen LogP contribution in [0.3, 0.4) is 0 Å². The maximum atomic E-state index is 12.7. The van der Waals surface area contributed by atoms with Crippen molar-refractivity contribution in [3.63, 3.8) is 0 Å². The van der Waals surface area contributed by atoms with Gasteiger partial charge in [0.2, 0.25) is 0 Å². The maximum Gasteiger partial charge on any atom is 0.266 e. The summed E-state index contributed by atoms with van der Waals surface area (Å²) in [5.41, 5.74) is 3.96. The van der Waals surface area contributed by atoms with E-state index in [1.54, 1.807) is 0 Å². The fraction of sp³-hybridized carbons (Fsp3) is 0.381. The van der Waals surface area contributed by atoms with E-state index in [1.165, 1.54) is 24.2 Å². The number of rotatable bonds is 4. The molecule has 2 aromatic heterocycles. The van der Waals surface area contributed by atoms with E-state index in [2.05, 4.69) is 33.1 Å². The molecule has 0 saturated heterocycles. The number of thiophene rings is 1. The van der Waals surface area contributed by atoms with Crippen LogP contribution in [-0.2, 0) is 19.4 Å². The van der Waals surface area contributed by atoms with E-state index < -0.39 is 0 Å². The molecule has 1 aliphatic heterocycles. The number of fused-ring (bicyclic) bond motifs is 1. The first-order valence-electron chi connectivity index (χ1n) is 9.58. The van der Waals surface area contributed by atoms with Crippen LogP contribution in [0.1, 0.15) is 52.8 Å². The molecule has 0 spiro atoms. The molecule has 3 heterocycles. The van der Waals surface area contributed by atoms with Crippen LogP contribution in [0.25, 0.3) is 11.4 Å². The number of nitrogens with zero attached hydrogens (tertiary/aromatic N) is 3. The smallest absolute Gasteiger partial charge is 0.266 e. The van der Waals surface area contributed by atoms with E-state index in [0.717, 1.165) is 64.7 Å². The highest BCUT2D eigenvalue weighted by molar-refractivity contribution is 7.12. The molecule has 0 aliphatic carbocycles. The monoisotopic (exact) mass is 380 g/mol. The third-order valence-corrected chi connectivity index (χ3v) is 6.14. The molecule has 0 atom stereocenters. The van der Waals surface area contributed by atoms with Gasteiger partial charge in [-0.05, 0) is 54.8 Å². The Morgan fingerprint density at radius 2 is 2.11 bits per heavy atom. The minimum Gasteiger partial charge on any atom is -0.321 e. The summed E-state index contributed by atoms with van der Waals surface area (Å²) in [4.78, 5) is 13.5. The van der Waals surface area contributed by atoms with Crippen LogP contribution in [0.2, 0.25) is 0 Å². The van der Waals surface area contributed by atoms with Gasteiger partial charge in [0.15, 0.2) is 5.82 Å². The van der Waals surface area contributed by atoms with Crippen molar-refractivity contribution >= 4 is 22.9 Å². The van der Waals surface area contributed by atoms with Gasteiger partial charge in [-0.15, -0.1) is 21.5 Å². The second-order valence-corrected chi connectivity index (χ2v) is 7.93. The highest BCUT2D eigenvalue weighted by Gasteiger charge is 2.18. The number of nitrogens with one attached hydrogen (secondary N) is 1. The van der Waals surface area contributed by atoms with Gasteiger partial charge in [0.1, 0.15) is 5.82 Å². The summed E-state index contributed by atoms with van der Waals surface area (Å²) < 4.78 is 2.23. The predicted molar refractivity (Wildman–Crippen MR) is 109 cm³/mol. The molecule has 1 N–H and O–H groups in total. The van der Waals surface area contributed by atoms with Crippen molar-refractivity contribution in [1.82, 2.24) is 14.8 Å². The lowest BCUT2D eigenvalue weighted by Gasteiger charge is -2.12. The Kier molecular flexibility index (Phi) is 5.07. The van der Waals surface area contributed by atoms with Crippen molar-refractivity contribution < 1.29 is 4.79 Å². The van der Waals surface area contributed by atoms with Gasteiger partial charge in [0, 0.05) is 24.2 Å². The van der Waals surface area contributed by atoms with Crippen molar-refractivity contribution in [1.29, 1.82) is 0 Å². The first-order valence-corrected chi connectivity index (χ1v) is 10.5. The molecule has 5 nitrogen and oxygen atoms in total. The van der Waals surface area contributed by atoms with Gasteiger partial charge in [-0.2, -0.15) is 0 Å². The minimum absolute atomic E-state index is 0.0397. The summed E-state index contributed by atoms with van der Waals surface area (Å²) in [5.74, 6) is 1.93. The van der Waals surface area contributed by atoms with Crippen LogP contribution >= 0.6 is 11.3 Å². The fourth-order valence-electron chi connectivity index (χ4n) is 3.59. The molecule has 0 radical (unpaired) electrons. The fourth-order valence-corrected chi connectivity index (χ4v) is 4.48. The number of hydrogen-bond donors (Lipinski definition) is 1. The molecule has 0 bridgehead atoms. The topological polar surface area (TPSA) is 59.8 Å². The predicted octanol–water partition coefficient (Wildman–Crippen LogP) is 4.86. The van der Waals surface area contributed by atoms with Crippen LogP contribution in [-0.4, -0.2) is 20.7 Å². The van der Waals surface area contributed by atoms with Crippen molar-refractivity contribution in [3.05, 3.63) is 51.5 Å². The zero-order valence-corrected chi connectivity index (χ0v) is 16.6. The van der Waals surface area contributed by atoms with E-state index in [4.69, 9.17) is 0 Å². The Morgan fingerprint density at radius 3 is 2.96 bits per heavy atom. The summed E-state index contributed by atoms with van der Waals surface area (Å²) >= 11 is 1.49. The summed E-state index contributed by atoms with van der Waals surface area (Å²) in [6.45, 7) is 5.04. The van der Waals surface area contributed by atoms with Crippen LogP contribution in [0, 0.1) is 6.92 Å². The van der Waals surface area contributed by atoms with Crippen LogP contribution < -0.4 is 5.32 Å². The van der Waals surface area contributed by atoms with E-state index in [9.17, 15) is 4.79 Å². The molecule has 6 heteroatoms. The lowest BCUT2D eigenvalue weighted by atomic mass is 10.1. The van der Waals surface area contributed by atoms with E-state index >= 15 is 0 Å². The lowest BCUT2D eigenvalue weighted by Crippen LogP contribution is -2.13. The van der Waals surface area contributed by atoms with Gasteiger partial charge in [-0.1, -0.05) is 25.5 Å². The number of carbonyl (C=O) groups excluding carboxylic acids is 1. The van der Waals surface area contributed by atoms with Crippen LogP contribution in [0.15, 0.2) is 29.6 Å². The number of aromatic nitrogens is 3. The molecule has 0 unspecified atom stereocenters. The Morgan fingerprint density at radius 1 is 1.22 bits per heavy atom. The van der Waals surface area contributed by atoms with E-state index in [1.807, 2.05) is 30.5 Å². The second kappa shape index (κ2) is 7.64. The minimum atomic E-state index is -0.0397. The van der Waals surface area contributed by atoms with Crippen LogP contribution in [0.4, 0.5) is 5.69 Å². The van der Waals surface area contributed by atoms with Crippen molar-refractivity contribution in [2.24, 2.45) is 0 Å². The van der Waals surface area contributed by atoms with Gasteiger partial charge < -0.3 is 9.88 Å². The molecule has 27 heavy (non-hydrogen) atoms. The Balaban J connectivity index is 1.64. The van der Waals surface area contributed by atoms with E-state index in [0.29, 0.717) is 0 Å². The highest BCUT2D eigenvalue weighted by Crippen LogP contribution is 2.28. The molecule has 1 aromatic carbocycles. The maximum absolute atomic E-state index is 12.7. The third-order valence-electron chi connectivity index (χ3n) is 5.19. The average Bonchev–Trinajstić information content (AvgIpc) is 3.25. The zero-order valence-electron chi connectivity index (χ0n) is 15.8. The second-order valence-electron chi connectivity index (χ2n) is 7.01. The van der Waals surface area contributed by atoms with Gasteiger partial charge in [-0.3, -0.25) is 4.79 Å². The average molecular weight is 381 g/mol. The van der Waals surface area contributed by atoms with Gasteiger partial charge in [-0.25, -0.2) is 0 Å². The normalized spacial score (nSPS) is 13.9. The molecule has 140 valence electrons. The number of aryl methyl sites for hydroxylation is 3. The molecular formula is C21H24N4OS.